The molecule has 7 heteroatoms. The van der Waals surface area contributed by atoms with Gasteiger partial charge in [0.05, 0.1) is 13.7 Å². The van der Waals surface area contributed by atoms with Gasteiger partial charge in [-0.3, -0.25) is 9.78 Å². The molecule has 0 saturated heterocycles. The number of ether oxygens (including phenoxy) is 2. The van der Waals surface area contributed by atoms with Gasteiger partial charge >= 0.3 is 5.97 Å². The molecule has 30 heavy (non-hydrogen) atoms. The van der Waals surface area contributed by atoms with Crippen LogP contribution >= 0.6 is 0 Å². The predicted octanol–water partition coefficient (Wildman–Crippen LogP) is 2.31. The Labute approximate surface area is 176 Å². The molecule has 0 N–H and O–H groups in total. The van der Waals surface area contributed by atoms with Crippen molar-refractivity contribution in [3.05, 3.63) is 57.8 Å². The van der Waals surface area contributed by atoms with Crippen LogP contribution < -0.4 is 10.3 Å². The lowest BCUT2D eigenvalue weighted by Crippen LogP contribution is -2.30. The highest BCUT2D eigenvalue weighted by molar-refractivity contribution is 5.93. The Kier molecular flexibility index (Phi) is 6.47. The second-order valence-corrected chi connectivity index (χ2v) is 8.12. The maximum Gasteiger partial charge on any atom is 0.343 e. The predicted molar refractivity (Wildman–Crippen MR) is 113 cm³/mol. The first kappa shape index (κ1) is 20.6. The van der Waals surface area contributed by atoms with Crippen molar-refractivity contribution in [3.63, 3.8) is 0 Å². The number of carbonyl (C=O) groups is 1. The Hall–Kier alpha value is -2.67. The van der Waals surface area contributed by atoms with Crippen molar-refractivity contribution >= 4 is 5.97 Å². The third kappa shape index (κ3) is 4.90. The van der Waals surface area contributed by atoms with Crippen molar-refractivity contribution in [2.24, 2.45) is 5.92 Å². The molecular formula is C23H29N3O4. The molecule has 7 nitrogen and oxygen atoms in total. The number of aromatic nitrogens is 2. The summed E-state index contributed by atoms with van der Waals surface area (Å²) in [6.45, 7) is 3.75. The Morgan fingerprint density at radius 1 is 1.27 bits per heavy atom. The molecule has 3 heterocycles. The van der Waals surface area contributed by atoms with Crippen LogP contribution in [-0.4, -0.2) is 53.8 Å². The van der Waals surface area contributed by atoms with E-state index >= 15 is 0 Å². The number of methoxy groups -OCH3 is 1. The Bertz CT molecular complexity index is 937. The Balaban J connectivity index is 1.50. The van der Waals surface area contributed by atoms with Crippen LogP contribution in [0.5, 0.6) is 5.75 Å². The van der Waals surface area contributed by atoms with Gasteiger partial charge in [0, 0.05) is 56.8 Å². The molecule has 0 bridgehead atoms. The van der Waals surface area contributed by atoms with Gasteiger partial charge in [-0.1, -0.05) is 6.07 Å². The second-order valence-electron chi connectivity index (χ2n) is 8.12. The third-order valence-corrected chi connectivity index (χ3v) is 5.88. The number of hydrogen-bond acceptors (Lipinski definition) is 6. The highest BCUT2D eigenvalue weighted by atomic mass is 16.5. The molecule has 1 fully saturated rings. The van der Waals surface area contributed by atoms with Crippen LogP contribution in [-0.2, 0) is 24.1 Å². The standard InChI is InChI=1S/C23H29N3O4/c1-29-23(28)22-19-8-10-25(16-18-6-7-18)11-12-26(19)21(27)14-20(22)30-13-3-5-17-4-2-9-24-15-17/h2,4,9,14-15,18H,3,5-8,10-13,16H2,1H3. The van der Waals surface area contributed by atoms with Crippen molar-refractivity contribution in [1.82, 2.24) is 14.5 Å². The highest BCUT2D eigenvalue weighted by Gasteiger charge is 2.28. The summed E-state index contributed by atoms with van der Waals surface area (Å²) in [5, 5.41) is 0. The summed E-state index contributed by atoms with van der Waals surface area (Å²) in [6, 6.07) is 5.37. The number of hydrogen-bond donors (Lipinski definition) is 0. The topological polar surface area (TPSA) is 73.7 Å². The first-order chi connectivity index (χ1) is 14.7. The van der Waals surface area contributed by atoms with Gasteiger partial charge in [0.1, 0.15) is 11.3 Å². The fourth-order valence-corrected chi connectivity index (χ4v) is 4.08. The van der Waals surface area contributed by atoms with E-state index in [1.165, 1.54) is 26.0 Å². The molecule has 2 aromatic heterocycles. The van der Waals surface area contributed by atoms with E-state index in [0.29, 0.717) is 30.9 Å². The maximum absolute atomic E-state index is 12.8. The minimum atomic E-state index is -0.448. The summed E-state index contributed by atoms with van der Waals surface area (Å²) in [7, 11) is 1.37. The fraction of sp³-hybridized carbons (Fsp3) is 0.522. The highest BCUT2D eigenvalue weighted by Crippen LogP contribution is 2.30. The molecule has 0 unspecified atom stereocenters. The number of rotatable bonds is 8. The van der Waals surface area contributed by atoms with E-state index in [1.807, 2.05) is 18.3 Å². The molecule has 1 aliphatic carbocycles. The molecule has 0 aromatic carbocycles. The zero-order valence-electron chi connectivity index (χ0n) is 17.5. The van der Waals surface area contributed by atoms with Crippen molar-refractivity contribution in [2.45, 2.75) is 38.6 Å². The van der Waals surface area contributed by atoms with Gasteiger partial charge in [-0.25, -0.2) is 4.79 Å². The molecule has 0 spiro atoms. The summed E-state index contributed by atoms with van der Waals surface area (Å²) in [5.41, 5.74) is 2.14. The van der Waals surface area contributed by atoms with Crippen LogP contribution in [0, 0.1) is 5.92 Å². The smallest absolute Gasteiger partial charge is 0.343 e. The van der Waals surface area contributed by atoms with Crippen molar-refractivity contribution in [1.29, 1.82) is 0 Å². The van der Waals surface area contributed by atoms with Crippen molar-refractivity contribution in [2.75, 3.05) is 33.4 Å². The number of carbonyl (C=O) groups excluding carboxylic acids is 1. The average molecular weight is 412 g/mol. The zero-order chi connectivity index (χ0) is 20.9. The second kappa shape index (κ2) is 9.43. The summed E-state index contributed by atoms with van der Waals surface area (Å²) in [5.74, 6) is 0.679. The van der Waals surface area contributed by atoms with Crippen LogP contribution in [0.1, 0.15) is 40.9 Å². The van der Waals surface area contributed by atoms with E-state index < -0.39 is 5.97 Å². The average Bonchev–Trinajstić information content (AvgIpc) is 3.60. The van der Waals surface area contributed by atoms with Crippen LogP contribution in [0.2, 0.25) is 0 Å². The number of fused-ring (bicyclic) bond motifs is 1. The van der Waals surface area contributed by atoms with E-state index in [4.69, 9.17) is 9.47 Å². The fourth-order valence-electron chi connectivity index (χ4n) is 4.08. The molecule has 0 amide bonds. The van der Waals surface area contributed by atoms with Crippen LogP contribution in [0.15, 0.2) is 35.4 Å². The number of aryl methyl sites for hydroxylation is 1. The minimum absolute atomic E-state index is 0.117. The van der Waals surface area contributed by atoms with E-state index in [9.17, 15) is 9.59 Å². The van der Waals surface area contributed by atoms with Gasteiger partial charge in [0.25, 0.3) is 5.56 Å². The van der Waals surface area contributed by atoms with E-state index in [0.717, 1.165) is 49.7 Å². The molecular weight excluding hydrogens is 382 g/mol. The number of esters is 1. The maximum atomic E-state index is 12.8. The van der Waals surface area contributed by atoms with Gasteiger partial charge in [0.15, 0.2) is 0 Å². The Morgan fingerprint density at radius 2 is 2.13 bits per heavy atom. The number of pyridine rings is 2. The van der Waals surface area contributed by atoms with E-state index in [1.54, 1.807) is 10.8 Å². The molecule has 2 aliphatic rings. The monoisotopic (exact) mass is 411 g/mol. The summed E-state index contributed by atoms with van der Waals surface area (Å²) >= 11 is 0. The molecule has 0 radical (unpaired) electrons. The molecule has 2 aromatic rings. The van der Waals surface area contributed by atoms with Crippen molar-refractivity contribution < 1.29 is 14.3 Å². The van der Waals surface area contributed by atoms with Gasteiger partial charge in [-0.15, -0.1) is 0 Å². The first-order valence-corrected chi connectivity index (χ1v) is 10.7. The summed E-state index contributed by atoms with van der Waals surface area (Å²) < 4.78 is 12.7. The van der Waals surface area contributed by atoms with Crippen LogP contribution in [0.4, 0.5) is 0 Å². The zero-order valence-corrected chi connectivity index (χ0v) is 17.5. The summed E-state index contributed by atoms with van der Waals surface area (Å²) in [6.07, 6.45) is 8.40. The molecule has 0 atom stereocenters. The molecule has 160 valence electrons. The van der Waals surface area contributed by atoms with Gasteiger partial charge in [-0.2, -0.15) is 0 Å². The molecule has 1 aliphatic heterocycles. The lowest BCUT2D eigenvalue weighted by molar-refractivity contribution is 0.0593. The third-order valence-electron chi connectivity index (χ3n) is 5.88. The molecule has 4 rings (SSSR count). The largest absolute Gasteiger partial charge is 0.492 e. The quantitative estimate of drug-likeness (QED) is 0.490. The van der Waals surface area contributed by atoms with Crippen molar-refractivity contribution in [3.8, 4) is 5.75 Å². The van der Waals surface area contributed by atoms with Crippen LogP contribution in [0.25, 0.3) is 0 Å². The first-order valence-electron chi connectivity index (χ1n) is 10.7. The van der Waals surface area contributed by atoms with Crippen LogP contribution in [0.3, 0.4) is 0 Å². The Morgan fingerprint density at radius 3 is 2.87 bits per heavy atom. The number of nitrogens with zero attached hydrogens (tertiary/aromatic N) is 3. The minimum Gasteiger partial charge on any atom is -0.492 e. The SMILES string of the molecule is COC(=O)c1c(OCCCc2cccnc2)cc(=O)n2c1CCN(CC1CC1)CC2. The molecule has 1 saturated carbocycles. The van der Waals surface area contributed by atoms with Gasteiger partial charge in [0.2, 0.25) is 0 Å². The van der Waals surface area contributed by atoms with Gasteiger partial charge < -0.3 is 18.9 Å². The lowest BCUT2D eigenvalue weighted by atomic mass is 10.1. The normalized spacial score (nSPS) is 16.6. The van der Waals surface area contributed by atoms with Gasteiger partial charge in [-0.05, 0) is 43.2 Å². The summed E-state index contributed by atoms with van der Waals surface area (Å²) in [4.78, 5) is 31.9. The lowest BCUT2D eigenvalue weighted by Gasteiger charge is -2.18. The van der Waals surface area contributed by atoms with E-state index in [-0.39, 0.29) is 5.56 Å². The van der Waals surface area contributed by atoms with E-state index in [2.05, 4.69) is 9.88 Å².